The van der Waals surface area contributed by atoms with Crippen molar-refractivity contribution >= 4 is 6.09 Å². The van der Waals surface area contributed by atoms with E-state index < -0.39 is 5.60 Å². The molecule has 1 aliphatic heterocycles. The Kier molecular flexibility index (Phi) is 5.66. The molecule has 1 fully saturated rings. The largest absolute Gasteiger partial charge is 0.444 e. The van der Waals surface area contributed by atoms with Gasteiger partial charge in [0.25, 0.3) is 0 Å². The summed E-state index contributed by atoms with van der Waals surface area (Å²) in [5.41, 5.74) is -0.412. The fourth-order valence-electron chi connectivity index (χ4n) is 2.11. The standard InChI is InChI=1S/C14H26N2O2/c1-5-8-15-10-12-7-6-9-16(11-12)13(17)18-14(2,3)4/h5,12,15H,1,6-11H2,2-4H3. The summed E-state index contributed by atoms with van der Waals surface area (Å²) < 4.78 is 5.40. The minimum absolute atomic E-state index is 0.184. The van der Waals surface area contributed by atoms with Crippen LogP contribution in [0.4, 0.5) is 4.79 Å². The van der Waals surface area contributed by atoms with Gasteiger partial charge in [0.2, 0.25) is 0 Å². The van der Waals surface area contributed by atoms with Gasteiger partial charge in [-0.25, -0.2) is 4.79 Å². The van der Waals surface area contributed by atoms with E-state index in [9.17, 15) is 4.79 Å². The van der Waals surface area contributed by atoms with Crippen molar-refractivity contribution in [2.75, 3.05) is 26.2 Å². The number of nitrogens with zero attached hydrogens (tertiary/aromatic N) is 1. The molecule has 1 unspecified atom stereocenters. The minimum atomic E-state index is -0.412. The third-order valence-corrected chi connectivity index (χ3v) is 2.89. The van der Waals surface area contributed by atoms with E-state index in [2.05, 4.69) is 11.9 Å². The van der Waals surface area contributed by atoms with Crippen molar-refractivity contribution in [1.82, 2.24) is 10.2 Å². The van der Waals surface area contributed by atoms with Crippen LogP contribution in [0.1, 0.15) is 33.6 Å². The predicted molar refractivity (Wildman–Crippen MR) is 73.6 cm³/mol. The number of rotatable bonds is 4. The number of amides is 1. The van der Waals surface area contributed by atoms with Crippen LogP contribution in [-0.4, -0.2) is 42.8 Å². The molecule has 4 heteroatoms. The number of carbonyl (C=O) groups excluding carboxylic acids is 1. The first-order valence-electron chi connectivity index (χ1n) is 6.72. The molecule has 104 valence electrons. The lowest BCUT2D eigenvalue weighted by Gasteiger charge is -2.34. The molecule has 1 rings (SSSR count). The zero-order valence-electron chi connectivity index (χ0n) is 11.9. The Hall–Kier alpha value is -1.03. The van der Waals surface area contributed by atoms with Gasteiger partial charge >= 0.3 is 6.09 Å². The molecule has 0 aromatic carbocycles. The van der Waals surface area contributed by atoms with Gasteiger partial charge in [0.15, 0.2) is 0 Å². The van der Waals surface area contributed by atoms with Crippen LogP contribution in [0.2, 0.25) is 0 Å². The summed E-state index contributed by atoms with van der Waals surface area (Å²) in [6.45, 7) is 12.7. The molecule has 4 nitrogen and oxygen atoms in total. The van der Waals surface area contributed by atoms with E-state index in [1.165, 1.54) is 6.42 Å². The van der Waals surface area contributed by atoms with E-state index in [4.69, 9.17) is 4.74 Å². The zero-order valence-corrected chi connectivity index (χ0v) is 11.9. The van der Waals surface area contributed by atoms with E-state index in [1.54, 1.807) is 0 Å². The van der Waals surface area contributed by atoms with Crippen LogP contribution >= 0.6 is 0 Å². The van der Waals surface area contributed by atoms with Crippen LogP contribution < -0.4 is 5.32 Å². The molecule has 0 aliphatic carbocycles. The molecule has 0 radical (unpaired) electrons. The Morgan fingerprint density at radius 3 is 2.89 bits per heavy atom. The first-order valence-corrected chi connectivity index (χ1v) is 6.72. The predicted octanol–water partition coefficient (Wildman–Crippen LogP) is 2.41. The average Bonchev–Trinajstić information content (AvgIpc) is 2.27. The Balaban J connectivity index is 2.38. The van der Waals surface area contributed by atoms with Crippen molar-refractivity contribution < 1.29 is 9.53 Å². The molecular weight excluding hydrogens is 228 g/mol. The number of piperidine rings is 1. The molecule has 1 saturated heterocycles. The number of likely N-dealkylation sites (tertiary alicyclic amines) is 1. The van der Waals surface area contributed by atoms with Crippen LogP contribution in [0.15, 0.2) is 12.7 Å². The Morgan fingerprint density at radius 1 is 1.56 bits per heavy atom. The summed E-state index contributed by atoms with van der Waals surface area (Å²) >= 11 is 0. The highest BCUT2D eigenvalue weighted by atomic mass is 16.6. The molecule has 1 aliphatic rings. The number of nitrogens with one attached hydrogen (secondary N) is 1. The van der Waals surface area contributed by atoms with Gasteiger partial charge in [0.1, 0.15) is 5.60 Å². The van der Waals surface area contributed by atoms with Crippen LogP contribution in [0.25, 0.3) is 0 Å². The molecule has 0 aromatic rings. The van der Waals surface area contributed by atoms with Crippen LogP contribution in [0, 0.1) is 5.92 Å². The molecule has 1 heterocycles. The van der Waals surface area contributed by atoms with Gasteiger partial charge in [0, 0.05) is 19.6 Å². The van der Waals surface area contributed by atoms with Gasteiger partial charge in [-0.2, -0.15) is 0 Å². The number of hydrogen-bond donors (Lipinski definition) is 1. The van der Waals surface area contributed by atoms with Gasteiger partial charge in [-0.1, -0.05) is 6.08 Å². The van der Waals surface area contributed by atoms with Gasteiger partial charge in [0.05, 0.1) is 0 Å². The van der Waals surface area contributed by atoms with Crippen LogP contribution in [0.3, 0.4) is 0 Å². The third-order valence-electron chi connectivity index (χ3n) is 2.89. The van der Waals surface area contributed by atoms with Crippen molar-refractivity contribution in [3.05, 3.63) is 12.7 Å². The van der Waals surface area contributed by atoms with E-state index in [1.807, 2.05) is 31.7 Å². The van der Waals surface area contributed by atoms with Gasteiger partial charge < -0.3 is 15.0 Å². The Labute approximate surface area is 110 Å². The van der Waals surface area contributed by atoms with Crippen molar-refractivity contribution in [2.24, 2.45) is 5.92 Å². The van der Waals surface area contributed by atoms with E-state index in [0.717, 1.165) is 32.6 Å². The minimum Gasteiger partial charge on any atom is -0.444 e. The highest BCUT2D eigenvalue weighted by molar-refractivity contribution is 5.68. The lowest BCUT2D eigenvalue weighted by Crippen LogP contribution is -2.45. The average molecular weight is 254 g/mol. The summed E-state index contributed by atoms with van der Waals surface area (Å²) in [5.74, 6) is 0.520. The van der Waals surface area contributed by atoms with Gasteiger partial charge in [-0.15, -0.1) is 6.58 Å². The monoisotopic (exact) mass is 254 g/mol. The molecule has 0 spiro atoms. The highest BCUT2D eigenvalue weighted by Gasteiger charge is 2.27. The molecule has 0 bridgehead atoms. The summed E-state index contributed by atoms with van der Waals surface area (Å²) in [6, 6.07) is 0. The smallest absolute Gasteiger partial charge is 0.410 e. The second-order valence-corrected chi connectivity index (χ2v) is 5.88. The maximum absolute atomic E-state index is 12.0. The summed E-state index contributed by atoms with van der Waals surface area (Å²) in [5, 5.41) is 3.32. The summed E-state index contributed by atoms with van der Waals surface area (Å²) in [6.07, 6.45) is 3.90. The molecule has 1 amide bonds. The molecule has 0 saturated carbocycles. The Morgan fingerprint density at radius 2 is 2.28 bits per heavy atom. The van der Waals surface area contributed by atoms with Crippen molar-refractivity contribution in [3.63, 3.8) is 0 Å². The first-order chi connectivity index (χ1) is 8.42. The van der Waals surface area contributed by atoms with Crippen molar-refractivity contribution in [2.45, 2.75) is 39.2 Å². The normalized spacial score (nSPS) is 20.6. The topological polar surface area (TPSA) is 41.6 Å². The lowest BCUT2D eigenvalue weighted by atomic mass is 9.98. The third kappa shape index (κ3) is 5.54. The molecule has 18 heavy (non-hydrogen) atoms. The maximum Gasteiger partial charge on any atom is 0.410 e. The van der Waals surface area contributed by atoms with E-state index in [-0.39, 0.29) is 6.09 Å². The second-order valence-electron chi connectivity index (χ2n) is 5.88. The summed E-state index contributed by atoms with van der Waals surface area (Å²) in [4.78, 5) is 13.8. The van der Waals surface area contributed by atoms with E-state index in [0.29, 0.717) is 5.92 Å². The van der Waals surface area contributed by atoms with Crippen LogP contribution in [-0.2, 0) is 4.74 Å². The van der Waals surface area contributed by atoms with E-state index >= 15 is 0 Å². The SMILES string of the molecule is C=CCNCC1CCCN(C(=O)OC(C)(C)C)C1. The van der Waals surface area contributed by atoms with Gasteiger partial charge in [-0.05, 0) is 46.1 Å². The fourth-order valence-corrected chi connectivity index (χ4v) is 2.11. The molecule has 1 atom stereocenters. The zero-order chi connectivity index (χ0) is 13.6. The number of carbonyl (C=O) groups is 1. The second kappa shape index (κ2) is 6.78. The number of hydrogen-bond acceptors (Lipinski definition) is 3. The van der Waals surface area contributed by atoms with Crippen molar-refractivity contribution in [3.8, 4) is 0 Å². The number of ether oxygens (including phenoxy) is 1. The highest BCUT2D eigenvalue weighted by Crippen LogP contribution is 2.18. The Bertz CT molecular complexity index is 284. The first kappa shape index (κ1) is 15.0. The molecule has 0 aromatic heterocycles. The lowest BCUT2D eigenvalue weighted by molar-refractivity contribution is 0.0167. The molecular formula is C14H26N2O2. The quantitative estimate of drug-likeness (QED) is 0.619. The summed E-state index contributed by atoms with van der Waals surface area (Å²) in [7, 11) is 0. The molecule has 1 N–H and O–H groups in total. The fraction of sp³-hybridized carbons (Fsp3) is 0.786. The van der Waals surface area contributed by atoms with Crippen LogP contribution in [0.5, 0.6) is 0 Å². The van der Waals surface area contributed by atoms with Gasteiger partial charge in [-0.3, -0.25) is 0 Å². The maximum atomic E-state index is 12.0. The van der Waals surface area contributed by atoms with Crippen molar-refractivity contribution in [1.29, 1.82) is 0 Å².